The molecule has 0 saturated carbocycles. The molecule has 86 valence electrons. The third-order valence-corrected chi connectivity index (χ3v) is 2.61. The van der Waals surface area contributed by atoms with E-state index in [1.165, 1.54) is 12.3 Å². The molecule has 0 aliphatic carbocycles. The molecule has 1 N–H and O–H groups in total. The predicted molar refractivity (Wildman–Crippen MR) is 58.5 cm³/mol. The molecule has 2 heterocycles. The third-order valence-electron chi connectivity index (χ3n) is 2.61. The van der Waals surface area contributed by atoms with Crippen LogP contribution in [0.3, 0.4) is 0 Å². The van der Waals surface area contributed by atoms with Crippen LogP contribution < -0.4 is 4.90 Å². The largest absolute Gasteiger partial charge is 0.386 e. The number of aromatic nitrogens is 1. The van der Waals surface area contributed by atoms with Gasteiger partial charge >= 0.3 is 0 Å². The Morgan fingerprint density at radius 1 is 1.62 bits per heavy atom. The van der Waals surface area contributed by atoms with E-state index in [0.717, 1.165) is 5.56 Å². The first-order valence-corrected chi connectivity index (χ1v) is 4.97. The molecule has 6 nitrogen and oxygen atoms in total. The molecule has 1 aliphatic heterocycles. The number of rotatable bonds is 2. The van der Waals surface area contributed by atoms with E-state index in [9.17, 15) is 15.2 Å². The molecule has 1 aliphatic rings. The second kappa shape index (κ2) is 3.41. The molecular weight excluding hydrogens is 210 g/mol. The van der Waals surface area contributed by atoms with Gasteiger partial charge in [0.25, 0.3) is 5.69 Å². The Balaban J connectivity index is 2.21. The lowest BCUT2D eigenvalue weighted by Crippen LogP contribution is -2.60. The van der Waals surface area contributed by atoms with Gasteiger partial charge in [0.1, 0.15) is 12.0 Å². The minimum absolute atomic E-state index is 0.00599. The van der Waals surface area contributed by atoms with Crippen LogP contribution in [0.25, 0.3) is 0 Å². The van der Waals surface area contributed by atoms with Crippen LogP contribution in [0.4, 0.5) is 11.5 Å². The van der Waals surface area contributed by atoms with Gasteiger partial charge in [-0.05, 0) is 19.4 Å². The van der Waals surface area contributed by atoms with Crippen molar-refractivity contribution in [1.82, 2.24) is 4.98 Å². The topological polar surface area (TPSA) is 79.5 Å². The van der Waals surface area contributed by atoms with Crippen LogP contribution in [0.15, 0.2) is 12.3 Å². The number of pyridine rings is 1. The van der Waals surface area contributed by atoms with Crippen molar-refractivity contribution in [3.05, 3.63) is 27.9 Å². The number of hydrogen-bond acceptors (Lipinski definition) is 5. The maximum absolute atomic E-state index is 10.5. The summed E-state index contributed by atoms with van der Waals surface area (Å²) in [5, 5.41) is 20.1. The number of β-amino-alcohol motifs (C(OH)–C–C–N with tert-alkyl or cyclic N) is 1. The second-order valence-electron chi connectivity index (χ2n) is 4.44. The van der Waals surface area contributed by atoms with Crippen molar-refractivity contribution < 1.29 is 10.0 Å². The summed E-state index contributed by atoms with van der Waals surface area (Å²) in [4.78, 5) is 16.0. The average Bonchev–Trinajstić information content (AvgIpc) is 2.13. The summed E-state index contributed by atoms with van der Waals surface area (Å²) in [7, 11) is 0. The Hall–Kier alpha value is -1.69. The van der Waals surface area contributed by atoms with Gasteiger partial charge in [0, 0.05) is 19.2 Å². The van der Waals surface area contributed by atoms with Crippen molar-refractivity contribution in [2.24, 2.45) is 0 Å². The fourth-order valence-corrected chi connectivity index (χ4v) is 1.91. The number of aliphatic hydroxyl groups is 1. The summed E-state index contributed by atoms with van der Waals surface area (Å²) >= 11 is 0. The minimum atomic E-state index is -0.671. The molecule has 1 fully saturated rings. The van der Waals surface area contributed by atoms with Gasteiger partial charge < -0.3 is 10.0 Å². The predicted octanol–water partition coefficient (Wildman–Crippen LogP) is 0.869. The van der Waals surface area contributed by atoms with Crippen LogP contribution >= 0.6 is 0 Å². The van der Waals surface area contributed by atoms with E-state index in [2.05, 4.69) is 4.98 Å². The molecule has 0 amide bonds. The minimum Gasteiger partial charge on any atom is -0.386 e. The lowest BCUT2D eigenvalue weighted by atomic mass is 9.96. The maximum atomic E-state index is 10.5. The molecular formula is C10H13N3O3. The van der Waals surface area contributed by atoms with Gasteiger partial charge in [-0.2, -0.15) is 0 Å². The molecule has 16 heavy (non-hydrogen) atoms. The Bertz CT molecular complexity index is 437. The summed E-state index contributed by atoms with van der Waals surface area (Å²) in [6.07, 6.45) is 1.25. The van der Waals surface area contributed by atoms with Gasteiger partial charge in [0.05, 0.1) is 10.5 Å². The van der Waals surface area contributed by atoms with Gasteiger partial charge in [0.15, 0.2) is 0 Å². The number of aryl methyl sites for hydroxylation is 1. The SMILES string of the molecule is Cc1cc([N+](=O)[O-])cnc1N1CC(C)(O)C1. The molecule has 0 spiro atoms. The van der Waals surface area contributed by atoms with Crippen LogP contribution in [0.5, 0.6) is 0 Å². The van der Waals surface area contributed by atoms with E-state index >= 15 is 0 Å². The monoisotopic (exact) mass is 223 g/mol. The smallest absolute Gasteiger partial charge is 0.287 e. The zero-order valence-electron chi connectivity index (χ0n) is 9.17. The summed E-state index contributed by atoms with van der Waals surface area (Å²) in [5.74, 6) is 0.706. The summed E-state index contributed by atoms with van der Waals surface area (Å²) in [6.45, 7) is 4.56. The first-order valence-electron chi connectivity index (χ1n) is 4.97. The summed E-state index contributed by atoms with van der Waals surface area (Å²) in [6, 6.07) is 1.50. The van der Waals surface area contributed by atoms with E-state index in [1.807, 2.05) is 4.90 Å². The van der Waals surface area contributed by atoms with Crippen molar-refractivity contribution in [3.63, 3.8) is 0 Å². The summed E-state index contributed by atoms with van der Waals surface area (Å²) < 4.78 is 0. The first-order chi connectivity index (χ1) is 7.39. The number of nitrogens with zero attached hydrogens (tertiary/aromatic N) is 3. The van der Waals surface area contributed by atoms with Gasteiger partial charge in [-0.3, -0.25) is 10.1 Å². The Morgan fingerprint density at radius 3 is 2.69 bits per heavy atom. The van der Waals surface area contributed by atoms with Crippen molar-refractivity contribution >= 4 is 11.5 Å². The summed E-state index contributed by atoms with van der Waals surface area (Å²) in [5.41, 5.74) is 0.0776. The van der Waals surface area contributed by atoms with Crippen molar-refractivity contribution in [2.75, 3.05) is 18.0 Å². The van der Waals surface area contributed by atoms with E-state index in [1.54, 1.807) is 13.8 Å². The highest BCUT2D eigenvalue weighted by Gasteiger charge is 2.37. The number of nitro groups is 1. The Labute approximate surface area is 92.7 Å². The van der Waals surface area contributed by atoms with Crippen LogP contribution in [-0.4, -0.2) is 33.7 Å². The molecule has 0 atom stereocenters. The Kier molecular flexibility index (Phi) is 2.31. The van der Waals surface area contributed by atoms with Crippen molar-refractivity contribution in [1.29, 1.82) is 0 Å². The van der Waals surface area contributed by atoms with Gasteiger partial charge in [0.2, 0.25) is 0 Å². The van der Waals surface area contributed by atoms with Gasteiger partial charge in [-0.15, -0.1) is 0 Å². The highest BCUT2D eigenvalue weighted by atomic mass is 16.6. The van der Waals surface area contributed by atoms with Gasteiger partial charge in [-0.25, -0.2) is 4.98 Å². The average molecular weight is 223 g/mol. The van der Waals surface area contributed by atoms with Crippen molar-refractivity contribution in [3.8, 4) is 0 Å². The zero-order valence-corrected chi connectivity index (χ0v) is 9.17. The zero-order chi connectivity index (χ0) is 11.9. The first kappa shape index (κ1) is 10.8. The van der Waals surface area contributed by atoms with E-state index in [4.69, 9.17) is 0 Å². The fourth-order valence-electron chi connectivity index (χ4n) is 1.91. The highest BCUT2D eigenvalue weighted by Crippen LogP contribution is 2.29. The van der Waals surface area contributed by atoms with E-state index in [0.29, 0.717) is 18.9 Å². The molecule has 0 aromatic carbocycles. The van der Waals surface area contributed by atoms with Crippen LogP contribution in [-0.2, 0) is 0 Å². The maximum Gasteiger partial charge on any atom is 0.287 e. The lowest BCUT2D eigenvalue weighted by Gasteiger charge is -2.45. The van der Waals surface area contributed by atoms with Crippen LogP contribution in [0.1, 0.15) is 12.5 Å². The molecule has 1 saturated heterocycles. The van der Waals surface area contributed by atoms with E-state index in [-0.39, 0.29) is 5.69 Å². The third kappa shape index (κ3) is 1.83. The van der Waals surface area contributed by atoms with Crippen LogP contribution in [0, 0.1) is 17.0 Å². The molecule has 0 radical (unpaired) electrons. The molecule has 2 rings (SSSR count). The number of anilines is 1. The van der Waals surface area contributed by atoms with Crippen molar-refractivity contribution in [2.45, 2.75) is 19.4 Å². The fraction of sp³-hybridized carbons (Fsp3) is 0.500. The van der Waals surface area contributed by atoms with Gasteiger partial charge in [-0.1, -0.05) is 0 Å². The second-order valence-corrected chi connectivity index (χ2v) is 4.44. The normalized spacial score (nSPS) is 18.1. The Morgan fingerprint density at radius 2 is 2.25 bits per heavy atom. The standard InChI is InChI=1S/C10H13N3O3/c1-7-3-8(13(15)16)4-11-9(7)12-5-10(2,14)6-12/h3-4,14H,5-6H2,1-2H3. The number of hydrogen-bond donors (Lipinski definition) is 1. The van der Waals surface area contributed by atoms with E-state index < -0.39 is 10.5 Å². The lowest BCUT2D eigenvalue weighted by molar-refractivity contribution is -0.385. The molecule has 0 bridgehead atoms. The molecule has 6 heteroatoms. The molecule has 0 unspecified atom stereocenters. The quantitative estimate of drug-likeness (QED) is 0.594. The van der Waals surface area contributed by atoms with Crippen LogP contribution in [0.2, 0.25) is 0 Å². The molecule has 1 aromatic heterocycles. The highest BCUT2D eigenvalue weighted by molar-refractivity contribution is 5.53. The molecule has 1 aromatic rings.